The molecule has 2 aromatic rings. The average Bonchev–Trinajstić information content (AvgIpc) is 2.75. The summed E-state index contributed by atoms with van der Waals surface area (Å²) in [5.41, 5.74) is 1.03. The molecule has 0 radical (unpaired) electrons. The molecular formula is C8H7N3O2S. The highest BCUT2D eigenvalue weighted by atomic mass is 32.1. The van der Waals surface area contributed by atoms with E-state index in [1.807, 2.05) is 0 Å². The Kier molecular flexibility index (Phi) is 2.28. The van der Waals surface area contributed by atoms with Crippen LogP contribution in [0.15, 0.2) is 23.7 Å². The van der Waals surface area contributed by atoms with E-state index < -0.39 is 5.97 Å². The summed E-state index contributed by atoms with van der Waals surface area (Å²) >= 11 is 1.25. The Morgan fingerprint density at radius 3 is 3.14 bits per heavy atom. The van der Waals surface area contributed by atoms with Crippen molar-refractivity contribution in [2.24, 2.45) is 0 Å². The highest BCUT2D eigenvalue weighted by Crippen LogP contribution is 2.06. The predicted molar refractivity (Wildman–Crippen MR) is 50.4 cm³/mol. The van der Waals surface area contributed by atoms with Crippen molar-refractivity contribution in [2.75, 3.05) is 0 Å². The maximum Gasteiger partial charge on any atom is 0.352 e. The second-order valence-corrected chi connectivity index (χ2v) is 3.33. The fourth-order valence-electron chi connectivity index (χ4n) is 1.17. The summed E-state index contributed by atoms with van der Waals surface area (Å²) in [5, 5.41) is 14.5. The van der Waals surface area contributed by atoms with E-state index in [9.17, 15) is 4.79 Å². The molecule has 0 saturated carbocycles. The van der Waals surface area contributed by atoms with Crippen LogP contribution in [0.1, 0.15) is 16.2 Å². The van der Waals surface area contributed by atoms with Crippen LogP contribution in [0.5, 0.6) is 0 Å². The van der Waals surface area contributed by atoms with Crippen molar-refractivity contribution < 1.29 is 9.90 Å². The fraction of sp³-hybridized carbons (Fsp3) is 0.125. The lowest BCUT2D eigenvalue weighted by molar-refractivity contribution is 0.0685. The van der Waals surface area contributed by atoms with E-state index in [0.717, 1.165) is 5.69 Å². The fourth-order valence-corrected chi connectivity index (χ4v) is 1.62. The Morgan fingerprint density at radius 2 is 2.50 bits per heavy atom. The molecule has 14 heavy (non-hydrogen) atoms. The van der Waals surface area contributed by atoms with Crippen molar-refractivity contribution in [3.05, 3.63) is 35.1 Å². The van der Waals surface area contributed by atoms with Gasteiger partial charge < -0.3 is 9.67 Å². The molecule has 0 aromatic carbocycles. The number of nitrogens with zero attached hydrogens (tertiary/aromatic N) is 3. The lowest BCUT2D eigenvalue weighted by atomic mass is 10.4. The van der Waals surface area contributed by atoms with Crippen molar-refractivity contribution in [3.63, 3.8) is 0 Å². The number of rotatable bonds is 3. The zero-order valence-corrected chi connectivity index (χ0v) is 7.94. The third kappa shape index (κ3) is 1.64. The van der Waals surface area contributed by atoms with Gasteiger partial charge in [-0.25, -0.2) is 4.79 Å². The minimum Gasteiger partial charge on any atom is -0.477 e. The normalized spacial score (nSPS) is 10.3. The van der Waals surface area contributed by atoms with Gasteiger partial charge in [-0.1, -0.05) is 4.49 Å². The van der Waals surface area contributed by atoms with Gasteiger partial charge >= 0.3 is 5.97 Å². The van der Waals surface area contributed by atoms with Crippen LogP contribution in [0.25, 0.3) is 0 Å². The van der Waals surface area contributed by atoms with Gasteiger partial charge in [0, 0.05) is 11.6 Å². The molecule has 0 fully saturated rings. The van der Waals surface area contributed by atoms with Gasteiger partial charge in [0.1, 0.15) is 5.69 Å². The smallest absolute Gasteiger partial charge is 0.352 e. The molecule has 2 aromatic heterocycles. The molecule has 0 unspecified atom stereocenters. The van der Waals surface area contributed by atoms with Crippen molar-refractivity contribution in [1.82, 2.24) is 14.2 Å². The highest BCUT2D eigenvalue weighted by molar-refractivity contribution is 7.03. The molecule has 0 aliphatic heterocycles. The molecule has 5 nitrogen and oxygen atoms in total. The van der Waals surface area contributed by atoms with Crippen LogP contribution in [0.4, 0.5) is 0 Å². The number of carboxylic acid groups (broad SMARTS) is 1. The van der Waals surface area contributed by atoms with Crippen LogP contribution < -0.4 is 0 Å². The first-order chi connectivity index (χ1) is 6.77. The maximum atomic E-state index is 10.8. The van der Waals surface area contributed by atoms with Gasteiger partial charge in [0.2, 0.25) is 0 Å². The molecule has 0 atom stereocenters. The van der Waals surface area contributed by atoms with Crippen LogP contribution in [0.2, 0.25) is 0 Å². The monoisotopic (exact) mass is 209 g/mol. The Balaban J connectivity index is 2.25. The zero-order chi connectivity index (χ0) is 9.97. The van der Waals surface area contributed by atoms with E-state index in [1.54, 1.807) is 28.3 Å². The number of hydrogen-bond acceptors (Lipinski definition) is 4. The summed E-state index contributed by atoms with van der Waals surface area (Å²) < 4.78 is 5.33. The molecule has 2 rings (SSSR count). The van der Waals surface area contributed by atoms with E-state index in [4.69, 9.17) is 5.11 Å². The molecule has 0 saturated heterocycles. The van der Waals surface area contributed by atoms with Crippen molar-refractivity contribution in [3.8, 4) is 0 Å². The van der Waals surface area contributed by atoms with E-state index >= 15 is 0 Å². The van der Waals surface area contributed by atoms with Gasteiger partial charge in [-0.15, -0.1) is 5.10 Å². The quantitative estimate of drug-likeness (QED) is 0.821. The third-order valence-corrected chi connectivity index (χ3v) is 2.34. The van der Waals surface area contributed by atoms with E-state index in [-0.39, 0.29) is 5.69 Å². The number of carboxylic acids is 1. The molecular weight excluding hydrogens is 202 g/mol. The van der Waals surface area contributed by atoms with Crippen LogP contribution >= 0.6 is 11.5 Å². The lowest BCUT2D eigenvalue weighted by Crippen LogP contribution is -2.08. The predicted octanol–water partition coefficient (Wildman–Crippen LogP) is 1.09. The minimum atomic E-state index is -0.932. The molecule has 0 bridgehead atoms. The molecule has 0 amide bonds. The molecule has 72 valence electrons. The summed E-state index contributed by atoms with van der Waals surface area (Å²) in [6, 6.07) is 3.26. The van der Waals surface area contributed by atoms with Crippen molar-refractivity contribution in [2.45, 2.75) is 6.54 Å². The van der Waals surface area contributed by atoms with Gasteiger partial charge in [0.15, 0.2) is 0 Å². The molecule has 1 N–H and O–H groups in total. The summed E-state index contributed by atoms with van der Waals surface area (Å²) in [6.45, 7) is 0.450. The number of hydrogen-bond donors (Lipinski definition) is 1. The second-order valence-electron chi connectivity index (χ2n) is 2.72. The lowest BCUT2D eigenvalue weighted by Gasteiger charge is -2.02. The second kappa shape index (κ2) is 3.59. The highest BCUT2D eigenvalue weighted by Gasteiger charge is 2.09. The van der Waals surface area contributed by atoms with Crippen molar-refractivity contribution >= 4 is 17.5 Å². The largest absolute Gasteiger partial charge is 0.477 e. The van der Waals surface area contributed by atoms with E-state index in [1.165, 1.54) is 11.5 Å². The van der Waals surface area contributed by atoms with Crippen LogP contribution in [-0.4, -0.2) is 25.2 Å². The number of aromatic carboxylic acids is 1. The van der Waals surface area contributed by atoms with E-state index in [2.05, 4.69) is 9.59 Å². The maximum absolute atomic E-state index is 10.8. The van der Waals surface area contributed by atoms with Gasteiger partial charge in [0.25, 0.3) is 0 Å². The van der Waals surface area contributed by atoms with Crippen LogP contribution in [-0.2, 0) is 6.54 Å². The summed E-state index contributed by atoms with van der Waals surface area (Å²) in [7, 11) is 0. The molecule has 2 heterocycles. The molecule has 6 heteroatoms. The molecule has 0 spiro atoms. The first kappa shape index (κ1) is 8.89. The Labute approximate surface area is 83.8 Å². The molecule has 0 aliphatic carbocycles. The average molecular weight is 209 g/mol. The van der Waals surface area contributed by atoms with Crippen molar-refractivity contribution in [1.29, 1.82) is 0 Å². The third-order valence-electron chi connectivity index (χ3n) is 1.79. The standard InChI is InChI=1S/C8H7N3O2S/c12-8(13)7-2-1-3-11(7)4-6-5-14-10-9-6/h1-3,5H,4H2,(H,12,13). The Bertz CT molecular complexity index is 435. The Morgan fingerprint density at radius 1 is 1.64 bits per heavy atom. The van der Waals surface area contributed by atoms with Gasteiger partial charge in [-0.05, 0) is 23.7 Å². The SMILES string of the molecule is O=C(O)c1cccn1Cc1csnn1. The minimum absolute atomic E-state index is 0.262. The molecule has 0 aliphatic rings. The number of aromatic nitrogens is 3. The summed E-state index contributed by atoms with van der Waals surface area (Å²) in [5.74, 6) is -0.932. The first-order valence-electron chi connectivity index (χ1n) is 3.92. The number of carbonyl (C=O) groups is 1. The zero-order valence-electron chi connectivity index (χ0n) is 7.12. The van der Waals surface area contributed by atoms with Crippen LogP contribution in [0.3, 0.4) is 0 Å². The van der Waals surface area contributed by atoms with Crippen LogP contribution in [0, 0.1) is 0 Å². The van der Waals surface area contributed by atoms with Gasteiger partial charge in [0.05, 0.1) is 12.2 Å². The van der Waals surface area contributed by atoms with E-state index in [0.29, 0.717) is 6.54 Å². The summed E-state index contributed by atoms with van der Waals surface area (Å²) in [4.78, 5) is 10.8. The topological polar surface area (TPSA) is 68.0 Å². The van der Waals surface area contributed by atoms with Gasteiger partial charge in [-0.3, -0.25) is 0 Å². The first-order valence-corrected chi connectivity index (χ1v) is 4.75. The summed E-state index contributed by atoms with van der Waals surface area (Å²) in [6.07, 6.45) is 1.71. The van der Waals surface area contributed by atoms with Gasteiger partial charge in [-0.2, -0.15) is 0 Å². The Hall–Kier alpha value is -1.69.